The lowest BCUT2D eigenvalue weighted by Crippen LogP contribution is -2.41. The molecule has 2 unspecified atom stereocenters. The maximum Gasteiger partial charge on any atom is 0.269 e. The van der Waals surface area contributed by atoms with E-state index in [1.807, 2.05) is 6.07 Å². The summed E-state index contributed by atoms with van der Waals surface area (Å²) in [4.78, 5) is 12.9. The van der Waals surface area contributed by atoms with Crippen molar-refractivity contribution < 1.29 is 9.66 Å². The Labute approximate surface area is 125 Å². The molecule has 0 aromatic heterocycles. The van der Waals surface area contributed by atoms with E-state index in [0.717, 1.165) is 37.9 Å². The normalized spacial score (nSPS) is 23.7. The van der Waals surface area contributed by atoms with Gasteiger partial charge in [-0.15, -0.1) is 0 Å². The van der Waals surface area contributed by atoms with E-state index in [2.05, 4.69) is 4.90 Å². The topological polar surface area (TPSA) is 81.6 Å². The van der Waals surface area contributed by atoms with Gasteiger partial charge in [-0.05, 0) is 24.9 Å². The number of rotatable bonds is 5. The Morgan fingerprint density at radius 3 is 3.00 bits per heavy atom. The van der Waals surface area contributed by atoms with Gasteiger partial charge in [0, 0.05) is 31.8 Å². The van der Waals surface area contributed by atoms with Crippen molar-refractivity contribution in [2.75, 3.05) is 26.8 Å². The molecule has 2 rings (SSSR count). The third kappa shape index (κ3) is 4.00. The van der Waals surface area contributed by atoms with Crippen LogP contribution in [0.3, 0.4) is 0 Å². The summed E-state index contributed by atoms with van der Waals surface area (Å²) in [5.74, 6) is 0. The highest BCUT2D eigenvalue weighted by Crippen LogP contribution is 2.31. The molecule has 116 valence electrons. The minimum Gasteiger partial charge on any atom is -0.383 e. The molecule has 0 aliphatic carbocycles. The smallest absolute Gasteiger partial charge is 0.269 e. The second-order valence-corrected chi connectivity index (χ2v) is 5.49. The van der Waals surface area contributed by atoms with Crippen LogP contribution >= 0.6 is 0 Å². The molecule has 2 atom stereocenters. The predicted molar refractivity (Wildman–Crippen MR) is 81.1 cm³/mol. The number of nitro groups is 1. The van der Waals surface area contributed by atoms with Crippen LogP contribution < -0.4 is 5.73 Å². The van der Waals surface area contributed by atoms with Crippen LogP contribution in [0.25, 0.3) is 0 Å². The van der Waals surface area contributed by atoms with Gasteiger partial charge in [-0.3, -0.25) is 15.0 Å². The second kappa shape index (κ2) is 7.49. The highest BCUT2D eigenvalue weighted by Gasteiger charge is 2.29. The number of hydrogen-bond donors (Lipinski definition) is 1. The molecular weight excluding hydrogens is 270 g/mol. The van der Waals surface area contributed by atoms with Gasteiger partial charge < -0.3 is 10.5 Å². The monoisotopic (exact) mass is 293 g/mol. The fourth-order valence-corrected chi connectivity index (χ4v) is 3.00. The molecule has 2 N–H and O–H groups in total. The summed E-state index contributed by atoms with van der Waals surface area (Å²) in [5, 5.41) is 11.0. The van der Waals surface area contributed by atoms with Gasteiger partial charge in [0.2, 0.25) is 0 Å². The number of likely N-dealkylation sites (tertiary alicyclic amines) is 1. The number of hydrogen-bond acceptors (Lipinski definition) is 5. The molecule has 1 heterocycles. The van der Waals surface area contributed by atoms with Crippen LogP contribution in [0.4, 0.5) is 5.69 Å². The Morgan fingerprint density at radius 2 is 2.29 bits per heavy atom. The number of nitrogens with zero attached hydrogens (tertiary/aromatic N) is 2. The average molecular weight is 293 g/mol. The maximum absolute atomic E-state index is 11.0. The van der Waals surface area contributed by atoms with E-state index in [1.54, 1.807) is 19.2 Å². The lowest BCUT2D eigenvalue weighted by molar-refractivity contribution is -0.385. The van der Waals surface area contributed by atoms with E-state index >= 15 is 0 Å². The molecule has 0 amide bonds. The van der Waals surface area contributed by atoms with Crippen LogP contribution in [-0.2, 0) is 4.74 Å². The highest BCUT2D eigenvalue weighted by molar-refractivity contribution is 5.36. The zero-order chi connectivity index (χ0) is 15.2. The number of nitro benzene ring substituents is 1. The number of nitrogens with two attached hydrogens (primary N) is 1. The Balaban J connectivity index is 2.29. The first kappa shape index (κ1) is 15.9. The molecule has 1 aliphatic heterocycles. The Morgan fingerprint density at radius 1 is 1.48 bits per heavy atom. The zero-order valence-electron chi connectivity index (χ0n) is 12.4. The summed E-state index contributed by atoms with van der Waals surface area (Å²) < 4.78 is 5.18. The minimum atomic E-state index is -0.356. The summed E-state index contributed by atoms with van der Waals surface area (Å²) in [7, 11) is 1.68. The van der Waals surface area contributed by atoms with Crippen molar-refractivity contribution >= 4 is 5.69 Å². The summed E-state index contributed by atoms with van der Waals surface area (Å²) in [5.41, 5.74) is 7.39. The standard InChI is InChI=1S/C15H23N3O3/c1-21-10-9-17-8-3-2-7-14(16)15(17)12-5-4-6-13(11-12)18(19)20/h4-6,11,14-15H,2-3,7-10,16H2,1H3. The van der Waals surface area contributed by atoms with Crippen molar-refractivity contribution in [2.45, 2.75) is 31.3 Å². The van der Waals surface area contributed by atoms with Crippen LogP contribution in [-0.4, -0.2) is 42.7 Å². The molecule has 1 aromatic rings. The molecule has 1 saturated heterocycles. The SMILES string of the molecule is COCCN1CCCCC(N)C1c1cccc([N+](=O)[O-])c1. The van der Waals surface area contributed by atoms with Gasteiger partial charge in [0.15, 0.2) is 0 Å². The van der Waals surface area contributed by atoms with Gasteiger partial charge in [0.1, 0.15) is 0 Å². The predicted octanol–water partition coefficient (Wildman–Crippen LogP) is 2.10. The summed E-state index contributed by atoms with van der Waals surface area (Å²) >= 11 is 0. The first-order valence-corrected chi connectivity index (χ1v) is 7.36. The molecule has 6 nitrogen and oxygen atoms in total. The van der Waals surface area contributed by atoms with Gasteiger partial charge in [-0.1, -0.05) is 18.6 Å². The first-order valence-electron chi connectivity index (χ1n) is 7.36. The number of methoxy groups -OCH3 is 1. The fourth-order valence-electron chi connectivity index (χ4n) is 3.00. The van der Waals surface area contributed by atoms with Crippen molar-refractivity contribution in [1.29, 1.82) is 0 Å². The molecule has 1 aromatic carbocycles. The van der Waals surface area contributed by atoms with E-state index in [9.17, 15) is 10.1 Å². The minimum absolute atomic E-state index is 0.00800. The Kier molecular flexibility index (Phi) is 5.67. The number of ether oxygens (including phenoxy) is 1. The van der Waals surface area contributed by atoms with Crippen molar-refractivity contribution in [3.05, 3.63) is 39.9 Å². The lowest BCUT2D eigenvalue weighted by Gasteiger charge is -2.33. The Hall–Kier alpha value is -1.50. The van der Waals surface area contributed by atoms with Gasteiger partial charge in [0.25, 0.3) is 5.69 Å². The molecule has 0 spiro atoms. The molecule has 0 bridgehead atoms. The van der Waals surface area contributed by atoms with E-state index in [1.165, 1.54) is 6.07 Å². The number of non-ortho nitro benzene ring substituents is 1. The van der Waals surface area contributed by atoms with E-state index in [-0.39, 0.29) is 22.7 Å². The van der Waals surface area contributed by atoms with E-state index < -0.39 is 0 Å². The van der Waals surface area contributed by atoms with Crippen molar-refractivity contribution in [1.82, 2.24) is 4.90 Å². The van der Waals surface area contributed by atoms with Gasteiger partial charge in [-0.2, -0.15) is 0 Å². The Bertz CT molecular complexity index is 481. The summed E-state index contributed by atoms with van der Waals surface area (Å²) in [6.45, 7) is 2.38. The molecule has 21 heavy (non-hydrogen) atoms. The summed E-state index contributed by atoms with van der Waals surface area (Å²) in [6, 6.07) is 6.84. The van der Waals surface area contributed by atoms with Gasteiger partial charge in [0.05, 0.1) is 17.6 Å². The average Bonchev–Trinajstić information content (AvgIpc) is 2.66. The lowest BCUT2D eigenvalue weighted by atomic mass is 9.96. The van der Waals surface area contributed by atoms with E-state index in [0.29, 0.717) is 6.61 Å². The van der Waals surface area contributed by atoms with Crippen molar-refractivity contribution in [3.63, 3.8) is 0 Å². The molecular formula is C15H23N3O3. The van der Waals surface area contributed by atoms with Crippen molar-refractivity contribution in [2.24, 2.45) is 5.73 Å². The quantitative estimate of drug-likeness (QED) is 0.664. The van der Waals surface area contributed by atoms with Gasteiger partial charge >= 0.3 is 0 Å². The molecule has 6 heteroatoms. The second-order valence-electron chi connectivity index (χ2n) is 5.49. The highest BCUT2D eigenvalue weighted by atomic mass is 16.6. The molecule has 0 radical (unpaired) electrons. The zero-order valence-corrected chi connectivity index (χ0v) is 12.4. The maximum atomic E-state index is 11.0. The fraction of sp³-hybridized carbons (Fsp3) is 0.600. The van der Waals surface area contributed by atoms with Crippen LogP contribution in [0.15, 0.2) is 24.3 Å². The first-order chi connectivity index (χ1) is 10.1. The van der Waals surface area contributed by atoms with Crippen LogP contribution in [0.1, 0.15) is 30.9 Å². The van der Waals surface area contributed by atoms with Crippen LogP contribution in [0, 0.1) is 10.1 Å². The van der Waals surface area contributed by atoms with Crippen LogP contribution in [0.5, 0.6) is 0 Å². The van der Waals surface area contributed by atoms with Gasteiger partial charge in [-0.25, -0.2) is 0 Å². The third-order valence-electron chi connectivity index (χ3n) is 4.04. The number of benzene rings is 1. The molecule has 1 fully saturated rings. The van der Waals surface area contributed by atoms with Crippen LogP contribution in [0.2, 0.25) is 0 Å². The largest absolute Gasteiger partial charge is 0.383 e. The van der Waals surface area contributed by atoms with E-state index in [4.69, 9.17) is 10.5 Å². The molecule has 0 saturated carbocycles. The van der Waals surface area contributed by atoms with Crippen molar-refractivity contribution in [3.8, 4) is 0 Å². The third-order valence-corrected chi connectivity index (χ3v) is 4.04. The molecule has 1 aliphatic rings. The summed E-state index contributed by atoms with van der Waals surface area (Å²) in [6.07, 6.45) is 3.13.